The Kier molecular flexibility index (Phi) is 8.77. The summed E-state index contributed by atoms with van der Waals surface area (Å²) in [5.41, 5.74) is 0.0430. The Morgan fingerprint density at radius 3 is 2.33 bits per heavy atom. The molecule has 0 heterocycles. The van der Waals surface area contributed by atoms with Gasteiger partial charge in [0.15, 0.2) is 23.2 Å². The molecule has 1 aliphatic rings. The van der Waals surface area contributed by atoms with Crippen molar-refractivity contribution in [3.8, 4) is 16.9 Å². The molecule has 0 aromatic heterocycles. The lowest BCUT2D eigenvalue weighted by atomic mass is 9.74. The van der Waals surface area contributed by atoms with Gasteiger partial charge in [0.05, 0.1) is 6.61 Å². The van der Waals surface area contributed by atoms with Crippen LogP contribution in [0.2, 0.25) is 0 Å². The highest BCUT2D eigenvalue weighted by atomic mass is 19.3. The molecular weight excluding hydrogens is 435 g/mol. The number of rotatable bonds is 10. The molecule has 6 heteroatoms. The molecule has 0 aliphatic heterocycles. The second kappa shape index (κ2) is 11.3. The number of hydrogen-bond donors (Lipinski definition) is 0. The van der Waals surface area contributed by atoms with Crippen LogP contribution in [0.1, 0.15) is 83.1 Å². The number of unbranched alkanes of at least 4 members (excludes halogenated alkanes) is 3. The van der Waals surface area contributed by atoms with E-state index >= 15 is 0 Å². The molecule has 0 bridgehead atoms. The molecule has 0 radical (unpaired) electrons. The first-order chi connectivity index (χ1) is 15.8. The van der Waals surface area contributed by atoms with Gasteiger partial charge in [0.25, 0.3) is 5.92 Å². The minimum absolute atomic E-state index is 0.0251. The van der Waals surface area contributed by atoms with E-state index in [9.17, 15) is 22.0 Å². The molecule has 0 spiro atoms. The van der Waals surface area contributed by atoms with Crippen LogP contribution in [0.4, 0.5) is 22.0 Å². The van der Waals surface area contributed by atoms with E-state index in [2.05, 4.69) is 0 Å². The van der Waals surface area contributed by atoms with Crippen molar-refractivity contribution in [2.45, 2.75) is 83.5 Å². The first-order valence-electron chi connectivity index (χ1n) is 12.1. The number of benzene rings is 2. The van der Waals surface area contributed by atoms with Gasteiger partial charge in [-0.2, -0.15) is 0 Å². The molecule has 2 aromatic carbocycles. The van der Waals surface area contributed by atoms with Gasteiger partial charge in [0.2, 0.25) is 0 Å². The zero-order valence-corrected chi connectivity index (χ0v) is 19.4. The van der Waals surface area contributed by atoms with Crippen molar-refractivity contribution in [1.82, 2.24) is 0 Å². The molecule has 2 aromatic rings. The van der Waals surface area contributed by atoms with Crippen molar-refractivity contribution in [1.29, 1.82) is 0 Å². The summed E-state index contributed by atoms with van der Waals surface area (Å²) in [5, 5.41) is 0. The second-order valence-corrected chi connectivity index (χ2v) is 9.11. The third-order valence-corrected chi connectivity index (χ3v) is 6.69. The zero-order valence-electron chi connectivity index (χ0n) is 19.4. The fourth-order valence-electron chi connectivity index (χ4n) is 4.69. The molecule has 2 atom stereocenters. The van der Waals surface area contributed by atoms with E-state index in [4.69, 9.17) is 4.74 Å². The summed E-state index contributed by atoms with van der Waals surface area (Å²) in [6.07, 6.45) is 5.03. The predicted octanol–water partition coefficient (Wildman–Crippen LogP) is 9.05. The van der Waals surface area contributed by atoms with Gasteiger partial charge in [-0.3, -0.25) is 0 Å². The lowest BCUT2D eigenvalue weighted by Crippen LogP contribution is -2.35. The molecule has 182 valence electrons. The lowest BCUT2D eigenvalue weighted by molar-refractivity contribution is -0.0952. The summed E-state index contributed by atoms with van der Waals surface area (Å²) >= 11 is 0. The van der Waals surface area contributed by atoms with Crippen LogP contribution < -0.4 is 4.74 Å². The van der Waals surface area contributed by atoms with Crippen molar-refractivity contribution in [3.05, 3.63) is 53.3 Å². The van der Waals surface area contributed by atoms with Crippen LogP contribution in [0, 0.1) is 23.4 Å². The number of ether oxygens (including phenoxy) is 1. The fraction of sp³-hybridized carbons (Fsp3) is 0.556. The maximum atomic E-state index is 15.0. The Bertz CT molecular complexity index is 927. The van der Waals surface area contributed by atoms with Gasteiger partial charge in [0.1, 0.15) is 0 Å². The van der Waals surface area contributed by atoms with E-state index in [0.29, 0.717) is 25.9 Å². The molecule has 1 saturated carbocycles. The van der Waals surface area contributed by atoms with Crippen LogP contribution in [-0.2, 0) is 0 Å². The average Bonchev–Trinajstić information content (AvgIpc) is 2.78. The SMILES string of the molecule is CCCCCC1CCC(c2ccc(-c3ccc(OCCCC)c(F)c3)c(F)c2F)CC1(F)F. The van der Waals surface area contributed by atoms with Crippen LogP contribution in [0.25, 0.3) is 11.1 Å². The van der Waals surface area contributed by atoms with Crippen LogP contribution in [-0.4, -0.2) is 12.5 Å². The van der Waals surface area contributed by atoms with Crippen molar-refractivity contribution in [2.75, 3.05) is 6.61 Å². The highest BCUT2D eigenvalue weighted by Gasteiger charge is 2.45. The van der Waals surface area contributed by atoms with E-state index in [0.717, 1.165) is 38.2 Å². The predicted molar refractivity (Wildman–Crippen MR) is 121 cm³/mol. The molecule has 33 heavy (non-hydrogen) atoms. The fourth-order valence-corrected chi connectivity index (χ4v) is 4.69. The van der Waals surface area contributed by atoms with Crippen molar-refractivity contribution >= 4 is 0 Å². The smallest absolute Gasteiger partial charge is 0.251 e. The van der Waals surface area contributed by atoms with Gasteiger partial charge in [0, 0.05) is 17.9 Å². The highest BCUT2D eigenvalue weighted by molar-refractivity contribution is 5.66. The van der Waals surface area contributed by atoms with Gasteiger partial charge in [-0.25, -0.2) is 22.0 Å². The van der Waals surface area contributed by atoms with Crippen LogP contribution >= 0.6 is 0 Å². The molecular formula is C27H33F5O. The summed E-state index contributed by atoms with van der Waals surface area (Å²) in [6, 6.07) is 6.69. The topological polar surface area (TPSA) is 9.23 Å². The molecule has 2 unspecified atom stereocenters. The number of halogens is 5. The van der Waals surface area contributed by atoms with Crippen molar-refractivity contribution in [3.63, 3.8) is 0 Å². The van der Waals surface area contributed by atoms with E-state index in [-0.39, 0.29) is 22.4 Å². The quantitative estimate of drug-likeness (QED) is 0.250. The second-order valence-electron chi connectivity index (χ2n) is 9.11. The van der Waals surface area contributed by atoms with Crippen molar-refractivity contribution < 1.29 is 26.7 Å². The molecule has 1 aliphatic carbocycles. The van der Waals surface area contributed by atoms with Crippen LogP contribution in [0.5, 0.6) is 5.75 Å². The first-order valence-corrected chi connectivity index (χ1v) is 12.1. The largest absolute Gasteiger partial charge is 0.491 e. The summed E-state index contributed by atoms with van der Waals surface area (Å²) in [5.74, 6) is -7.20. The minimum Gasteiger partial charge on any atom is -0.491 e. The maximum absolute atomic E-state index is 15.0. The molecule has 1 nitrogen and oxygen atoms in total. The average molecular weight is 469 g/mol. The number of alkyl halides is 2. The standard InChI is InChI=1S/C27H33F5O/c1-3-5-7-8-20-11-9-19(17-27(20,31)32)22-13-12-21(25(29)26(22)30)18-10-14-24(23(28)16-18)33-15-6-4-2/h10,12-14,16,19-20H,3-9,11,15,17H2,1-2H3. The van der Waals surface area contributed by atoms with Gasteiger partial charge in [-0.15, -0.1) is 0 Å². The zero-order chi connectivity index (χ0) is 24.0. The van der Waals surface area contributed by atoms with Crippen LogP contribution in [0.15, 0.2) is 30.3 Å². The van der Waals surface area contributed by atoms with E-state index in [1.807, 2.05) is 13.8 Å². The van der Waals surface area contributed by atoms with Gasteiger partial charge >= 0.3 is 0 Å². The Balaban J connectivity index is 1.76. The molecule has 3 rings (SSSR count). The third-order valence-electron chi connectivity index (χ3n) is 6.69. The molecule has 1 fully saturated rings. The summed E-state index contributed by atoms with van der Waals surface area (Å²) in [6.45, 7) is 4.39. The minimum atomic E-state index is -2.89. The van der Waals surface area contributed by atoms with E-state index in [1.54, 1.807) is 0 Å². The van der Waals surface area contributed by atoms with Gasteiger partial charge in [-0.1, -0.05) is 57.7 Å². The Morgan fingerprint density at radius 1 is 0.909 bits per heavy atom. The Hall–Kier alpha value is -2.11. The third kappa shape index (κ3) is 6.07. The monoisotopic (exact) mass is 468 g/mol. The normalized spacial score (nSPS) is 20.1. The highest BCUT2D eigenvalue weighted by Crippen LogP contribution is 2.48. The van der Waals surface area contributed by atoms with Crippen molar-refractivity contribution in [2.24, 2.45) is 5.92 Å². The summed E-state index contributed by atoms with van der Waals surface area (Å²) < 4.78 is 79.1. The molecule has 0 N–H and O–H groups in total. The lowest BCUT2D eigenvalue weighted by Gasteiger charge is -2.36. The summed E-state index contributed by atoms with van der Waals surface area (Å²) in [4.78, 5) is 0. The van der Waals surface area contributed by atoms with E-state index < -0.39 is 41.6 Å². The van der Waals surface area contributed by atoms with Gasteiger partial charge in [-0.05, 0) is 54.9 Å². The summed E-state index contributed by atoms with van der Waals surface area (Å²) in [7, 11) is 0. The number of hydrogen-bond acceptors (Lipinski definition) is 1. The molecule has 0 amide bonds. The van der Waals surface area contributed by atoms with E-state index in [1.165, 1.54) is 24.3 Å². The Morgan fingerprint density at radius 2 is 1.67 bits per heavy atom. The first kappa shape index (κ1) is 25.5. The van der Waals surface area contributed by atoms with Crippen LogP contribution in [0.3, 0.4) is 0 Å². The van der Waals surface area contributed by atoms with Gasteiger partial charge < -0.3 is 4.74 Å². The Labute approximate surface area is 193 Å². The molecule has 0 saturated heterocycles. The maximum Gasteiger partial charge on any atom is 0.251 e.